The predicted molar refractivity (Wildman–Crippen MR) is 35.9 cm³/mol. The zero-order valence-electron chi connectivity index (χ0n) is 6.15. The van der Waals surface area contributed by atoms with Crippen molar-refractivity contribution in [1.29, 1.82) is 0 Å². The number of hydrogen-bond acceptors (Lipinski definition) is 0. The maximum Gasteiger partial charge on any atom is 0.161 e. The van der Waals surface area contributed by atoms with Gasteiger partial charge in [0.1, 0.15) is 5.82 Å². The number of alkyl halides is 1. The highest BCUT2D eigenvalue weighted by atomic mass is 19.2. The lowest BCUT2D eigenvalue weighted by Crippen LogP contribution is -1.83. The molecular formula is C7H7F5. The number of hydrogen-bond donors (Lipinski definition) is 0. The van der Waals surface area contributed by atoms with Crippen molar-refractivity contribution in [3.63, 3.8) is 0 Å². The van der Waals surface area contributed by atoms with E-state index in [9.17, 15) is 17.6 Å². The molecular weight excluding hydrogens is 179 g/mol. The van der Waals surface area contributed by atoms with Gasteiger partial charge in [-0.25, -0.2) is 13.2 Å². The molecule has 0 nitrogen and oxygen atoms in total. The summed E-state index contributed by atoms with van der Waals surface area (Å²) in [5.41, 5.74) is 0. The first kappa shape index (κ1) is 13.5. The molecule has 0 atom stereocenters. The molecule has 0 heterocycles. The average molecular weight is 186 g/mol. The molecule has 0 N–H and O–H groups in total. The molecule has 0 saturated heterocycles. The number of benzene rings is 1. The van der Waals surface area contributed by atoms with E-state index < -0.39 is 17.5 Å². The molecule has 1 aromatic rings. The zero-order chi connectivity index (χ0) is 8.85. The first-order chi connectivity index (χ1) is 5.20. The lowest BCUT2D eigenvalue weighted by molar-refractivity contribution is 0.495. The minimum atomic E-state index is -1.16. The van der Waals surface area contributed by atoms with Crippen LogP contribution in [-0.2, 0) is 0 Å². The number of rotatable bonds is 0. The Hall–Kier alpha value is -1.13. The molecule has 0 aliphatic carbocycles. The van der Waals surface area contributed by atoms with Crippen LogP contribution in [-0.4, -0.2) is 7.18 Å². The van der Waals surface area contributed by atoms with Crippen molar-refractivity contribution < 1.29 is 22.3 Å². The van der Waals surface area contributed by atoms with Crippen LogP contribution in [0.15, 0.2) is 18.2 Å². The van der Waals surface area contributed by atoms with E-state index in [-0.39, 0.29) is 4.70 Å². The first-order valence-corrected chi connectivity index (χ1v) is 2.68. The van der Waals surface area contributed by atoms with Crippen molar-refractivity contribution in [2.45, 2.75) is 0 Å². The molecule has 0 fully saturated rings. The highest BCUT2D eigenvalue weighted by molar-refractivity contribution is 5.07. The van der Waals surface area contributed by atoms with Gasteiger partial charge >= 0.3 is 0 Å². The van der Waals surface area contributed by atoms with Crippen LogP contribution in [0.5, 0.6) is 0 Å². The summed E-state index contributed by atoms with van der Waals surface area (Å²) < 4.78 is 45.4. The van der Waals surface area contributed by atoms with Gasteiger partial charge in [-0.05, 0) is 12.1 Å². The van der Waals surface area contributed by atoms with Crippen LogP contribution in [0.4, 0.5) is 22.3 Å². The Balaban J connectivity index is 0. The average Bonchev–Trinajstić information content (AvgIpc) is 2.02. The summed E-state index contributed by atoms with van der Waals surface area (Å²) in [6.45, 7) is 0. The minimum Gasteiger partial charge on any atom is -0.269 e. The van der Waals surface area contributed by atoms with Gasteiger partial charge in [0, 0.05) is 6.07 Å². The lowest BCUT2D eigenvalue weighted by atomic mass is 10.3. The summed E-state index contributed by atoms with van der Waals surface area (Å²) in [6, 6.07) is 2.10. The molecule has 1 rings (SSSR count). The van der Waals surface area contributed by atoms with Crippen LogP contribution in [0.3, 0.4) is 0 Å². The normalized spacial score (nSPS) is 7.75. The van der Waals surface area contributed by atoms with E-state index in [1.807, 2.05) is 0 Å². The van der Waals surface area contributed by atoms with E-state index in [0.717, 1.165) is 12.1 Å². The minimum absolute atomic E-state index is 0. The second-order valence-electron chi connectivity index (χ2n) is 1.56. The fraction of sp³-hybridized carbons (Fsp3) is 0.143. The van der Waals surface area contributed by atoms with E-state index >= 15 is 0 Å². The van der Waals surface area contributed by atoms with E-state index in [4.69, 9.17) is 0 Å². The third kappa shape index (κ3) is 3.90. The molecule has 0 unspecified atom stereocenters. The highest BCUT2D eigenvalue weighted by Gasteiger charge is 1.99. The van der Waals surface area contributed by atoms with E-state index in [0.29, 0.717) is 13.2 Å². The molecule has 70 valence electrons. The summed E-state index contributed by atoms with van der Waals surface area (Å²) in [5.74, 6) is -2.96. The molecule has 0 aliphatic heterocycles. The smallest absolute Gasteiger partial charge is 0.161 e. The molecule has 0 saturated carbocycles. The standard InChI is InChI=1S/C6H3F3.CH3F.FH/c7-4-1-2-5(8)6(9)3-4;1-2;/h1-3H;1H3;1H. The SMILES string of the molecule is CF.F.Fc1ccc(F)c(F)c1. The van der Waals surface area contributed by atoms with Crippen molar-refractivity contribution in [1.82, 2.24) is 0 Å². The predicted octanol–water partition coefficient (Wildman–Crippen LogP) is 2.84. The van der Waals surface area contributed by atoms with Crippen LogP contribution in [0.1, 0.15) is 0 Å². The van der Waals surface area contributed by atoms with Crippen LogP contribution in [0.25, 0.3) is 0 Å². The van der Waals surface area contributed by atoms with Gasteiger partial charge in [-0.3, -0.25) is 9.09 Å². The van der Waals surface area contributed by atoms with Gasteiger partial charge in [-0.2, -0.15) is 0 Å². The molecule has 0 spiro atoms. The Labute approximate surface area is 66.2 Å². The van der Waals surface area contributed by atoms with Crippen LogP contribution in [0.2, 0.25) is 0 Å². The molecule has 1 aromatic carbocycles. The van der Waals surface area contributed by atoms with Crippen LogP contribution >= 0.6 is 0 Å². The Bertz CT molecular complexity index is 223. The number of halogens is 5. The van der Waals surface area contributed by atoms with Gasteiger partial charge in [0.15, 0.2) is 11.6 Å². The summed E-state index contributed by atoms with van der Waals surface area (Å²) in [5, 5.41) is 0. The van der Waals surface area contributed by atoms with Gasteiger partial charge < -0.3 is 0 Å². The van der Waals surface area contributed by atoms with Gasteiger partial charge in [-0.1, -0.05) is 0 Å². The lowest BCUT2D eigenvalue weighted by Gasteiger charge is -1.88. The van der Waals surface area contributed by atoms with Gasteiger partial charge in [0.05, 0.1) is 7.18 Å². The highest BCUT2D eigenvalue weighted by Crippen LogP contribution is 2.05. The summed E-state index contributed by atoms with van der Waals surface area (Å²) in [7, 11) is 0.500. The Kier molecular flexibility index (Phi) is 7.37. The monoisotopic (exact) mass is 186 g/mol. The Morgan fingerprint density at radius 3 is 1.75 bits per heavy atom. The van der Waals surface area contributed by atoms with Crippen molar-refractivity contribution >= 4 is 0 Å². The maximum absolute atomic E-state index is 12.0. The molecule has 0 aliphatic rings. The van der Waals surface area contributed by atoms with Gasteiger partial charge in [-0.15, -0.1) is 0 Å². The molecule has 0 amide bonds. The Morgan fingerprint density at radius 1 is 0.917 bits per heavy atom. The summed E-state index contributed by atoms with van der Waals surface area (Å²) in [6.07, 6.45) is 0. The topological polar surface area (TPSA) is 0 Å². The molecule has 5 heteroatoms. The summed E-state index contributed by atoms with van der Waals surface area (Å²) in [4.78, 5) is 0. The maximum atomic E-state index is 12.0. The third-order valence-electron chi connectivity index (χ3n) is 0.882. The molecule has 0 aromatic heterocycles. The molecule has 0 radical (unpaired) electrons. The van der Waals surface area contributed by atoms with Crippen molar-refractivity contribution in [3.05, 3.63) is 35.7 Å². The Morgan fingerprint density at radius 2 is 1.42 bits per heavy atom. The van der Waals surface area contributed by atoms with Crippen molar-refractivity contribution in [3.8, 4) is 0 Å². The van der Waals surface area contributed by atoms with E-state index in [2.05, 4.69) is 0 Å². The van der Waals surface area contributed by atoms with E-state index in [1.165, 1.54) is 0 Å². The van der Waals surface area contributed by atoms with Gasteiger partial charge in [0.2, 0.25) is 0 Å². The third-order valence-corrected chi connectivity index (χ3v) is 0.882. The largest absolute Gasteiger partial charge is 0.269 e. The molecule has 0 bridgehead atoms. The first-order valence-electron chi connectivity index (χ1n) is 2.68. The second-order valence-corrected chi connectivity index (χ2v) is 1.56. The quantitative estimate of drug-likeness (QED) is 0.431. The summed E-state index contributed by atoms with van der Waals surface area (Å²) >= 11 is 0. The fourth-order valence-electron chi connectivity index (χ4n) is 0.470. The van der Waals surface area contributed by atoms with Crippen molar-refractivity contribution in [2.24, 2.45) is 0 Å². The van der Waals surface area contributed by atoms with Crippen LogP contribution < -0.4 is 0 Å². The van der Waals surface area contributed by atoms with E-state index in [1.54, 1.807) is 0 Å². The van der Waals surface area contributed by atoms with Crippen LogP contribution in [0, 0.1) is 17.5 Å². The molecule has 12 heavy (non-hydrogen) atoms. The van der Waals surface area contributed by atoms with Gasteiger partial charge in [0.25, 0.3) is 0 Å². The second kappa shape index (κ2) is 6.57. The van der Waals surface area contributed by atoms with Crippen molar-refractivity contribution in [2.75, 3.05) is 7.18 Å². The zero-order valence-corrected chi connectivity index (χ0v) is 6.15. The fourth-order valence-corrected chi connectivity index (χ4v) is 0.470.